The Bertz CT molecular complexity index is 2940. The maximum absolute atomic E-state index is 13.7. The van der Waals surface area contributed by atoms with Crippen LogP contribution in [0.4, 0.5) is 5.69 Å². The van der Waals surface area contributed by atoms with E-state index in [-0.39, 0.29) is 49.5 Å². The van der Waals surface area contributed by atoms with E-state index in [4.69, 9.17) is 26.4 Å². The fourth-order valence-corrected chi connectivity index (χ4v) is 10.4. The Morgan fingerprint density at radius 3 is 1.81 bits per heavy atom. The number of ether oxygens (including phenoxy) is 3. The van der Waals surface area contributed by atoms with Crippen molar-refractivity contribution in [3.8, 4) is 0 Å². The van der Waals surface area contributed by atoms with Crippen molar-refractivity contribution in [2.75, 3.05) is 31.7 Å². The van der Waals surface area contributed by atoms with Gasteiger partial charge in [0.2, 0.25) is 28.7 Å². The molecule has 3 aromatic rings. The van der Waals surface area contributed by atoms with E-state index >= 15 is 0 Å². The first-order chi connectivity index (χ1) is 32.2. The van der Waals surface area contributed by atoms with Gasteiger partial charge < -0.3 is 29.8 Å². The number of esters is 3. The Balaban J connectivity index is 1.25. The van der Waals surface area contributed by atoms with E-state index in [0.29, 0.717) is 63.5 Å². The van der Waals surface area contributed by atoms with Crippen LogP contribution in [0.1, 0.15) is 126 Å². The molecule has 1 unspecified atom stereocenters. The molecule has 3 N–H and O–H groups in total. The number of H-pyrrole nitrogens is 1. The number of hydrogen-bond donors (Lipinski definition) is 3. The summed E-state index contributed by atoms with van der Waals surface area (Å²) in [5, 5.41) is 8.15. The van der Waals surface area contributed by atoms with E-state index in [2.05, 4.69) is 81.3 Å². The summed E-state index contributed by atoms with van der Waals surface area (Å²) in [6.45, 7) is 17.3. The maximum Gasteiger partial charge on any atom is 0.446 e. The Kier molecular flexibility index (Phi) is 13.9. The molecule has 350 valence electrons. The quantitative estimate of drug-likeness (QED) is 0.0527. The van der Waals surface area contributed by atoms with Gasteiger partial charge in [-0.2, -0.15) is 0 Å². The molecule has 7 heterocycles. The van der Waals surface area contributed by atoms with E-state index in [1.54, 1.807) is 0 Å². The zero-order valence-corrected chi connectivity index (χ0v) is 40.8. The SMILES string of the molecule is CCOC(=O)CCC1=C(C)C2=[N+]3C1=Cc1c(C)c(CCC(=O)OCC)c4n1C3[N+]1=C(C=c3[nH]c(c(C)c3CCC(=O)OCC)=C4)C(C)=C(CCC(=O)NCCc3ccc(NC(C)=S)cc3)C1=C2. The topological polar surface area (TPSA) is 147 Å². The highest BCUT2D eigenvalue weighted by atomic mass is 32.1. The maximum atomic E-state index is 13.7. The van der Waals surface area contributed by atoms with Gasteiger partial charge in [0.15, 0.2) is 0 Å². The number of fused-ring (bicyclic) bond motifs is 2. The van der Waals surface area contributed by atoms with Gasteiger partial charge in [-0.15, -0.1) is 9.15 Å². The second-order valence-electron chi connectivity index (χ2n) is 17.6. The summed E-state index contributed by atoms with van der Waals surface area (Å²) in [5.41, 5.74) is 16.6. The molecule has 2 bridgehead atoms. The molecule has 0 fully saturated rings. The zero-order valence-electron chi connectivity index (χ0n) is 40.0. The number of allylic oxidation sites excluding steroid dienone is 5. The second-order valence-corrected chi connectivity index (χ2v) is 18.2. The molecule has 1 amide bonds. The highest BCUT2D eigenvalue weighted by molar-refractivity contribution is 7.80. The van der Waals surface area contributed by atoms with Crippen LogP contribution in [0.15, 0.2) is 64.0 Å². The third-order valence-electron chi connectivity index (χ3n) is 13.5. The lowest BCUT2D eigenvalue weighted by Crippen LogP contribution is -2.42. The fourth-order valence-electron chi connectivity index (χ4n) is 10.3. The largest absolute Gasteiger partial charge is 0.466 e. The van der Waals surface area contributed by atoms with Crippen molar-refractivity contribution in [2.45, 2.75) is 119 Å². The molecule has 5 aliphatic heterocycles. The number of carbonyl (C=O) groups excluding carboxylic acids is 4. The molecule has 0 aliphatic carbocycles. The number of amides is 1. The van der Waals surface area contributed by atoms with Gasteiger partial charge in [-0.05, 0) is 134 Å². The van der Waals surface area contributed by atoms with Crippen LogP contribution in [0.2, 0.25) is 0 Å². The molecule has 0 saturated heterocycles. The first-order valence-corrected chi connectivity index (χ1v) is 24.1. The lowest BCUT2D eigenvalue weighted by Gasteiger charge is -2.25. The van der Waals surface area contributed by atoms with Crippen LogP contribution in [0.5, 0.6) is 0 Å². The minimum Gasteiger partial charge on any atom is -0.466 e. The molecule has 13 nitrogen and oxygen atoms in total. The first-order valence-electron chi connectivity index (χ1n) is 23.7. The number of thiocarbonyl (C=S) groups is 1. The lowest BCUT2D eigenvalue weighted by molar-refractivity contribution is -0.767. The van der Waals surface area contributed by atoms with Gasteiger partial charge in [-0.1, -0.05) is 24.4 Å². The van der Waals surface area contributed by atoms with Crippen molar-refractivity contribution in [3.05, 3.63) is 114 Å². The number of rotatable bonds is 19. The molecule has 1 atom stereocenters. The van der Waals surface area contributed by atoms with Gasteiger partial charge in [-0.3, -0.25) is 19.2 Å². The Morgan fingerprint density at radius 2 is 1.21 bits per heavy atom. The molecular formula is C53H62N6O7S+2. The smallest absolute Gasteiger partial charge is 0.446 e. The number of hydrogen-bond acceptors (Lipinski definition) is 8. The number of nitrogens with zero attached hydrogens (tertiary/aromatic N) is 3. The summed E-state index contributed by atoms with van der Waals surface area (Å²) >= 11 is 5.18. The van der Waals surface area contributed by atoms with Crippen LogP contribution in [0, 0.1) is 13.8 Å². The first kappa shape index (κ1) is 47.1. The predicted octanol–water partition coefficient (Wildman–Crippen LogP) is 6.56. The fraction of sp³-hybridized carbons (Fsp3) is 0.415. The monoisotopic (exact) mass is 926 g/mol. The van der Waals surface area contributed by atoms with Crippen molar-refractivity contribution in [1.82, 2.24) is 14.9 Å². The van der Waals surface area contributed by atoms with Crippen molar-refractivity contribution in [3.63, 3.8) is 0 Å². The van der Waals surface area contributed by atoms with Gasteiger partial charge in [0.1, 0.15) is 0 Å². The zero-order chi connectivity index (χ0) is 47.7. The van der Waals surface area contributed by atoms with Crippen molar-refractivity contribution in [1.29, 1.82) is 0 Å². The van der Waals surface area contributed by atoms with Crippen LogP contribution in [-0.4, -0.2) is 85.3 Å². The van der Waals surface area contributed by atoms with Gasteiger partial charge in [0.25, 0.3) is 0 Å². The Hall–Kier alpha value is -6.41. The predicted molar refractivity (Wildman–Crippen MR) is 263 cm³/mol. The molecule has 14 heteroatoms. The standard InChI is InChI=1S/C53H60N6O7S/c1-9-64-50(61)21-17-37-30(4)41-26-46-39(18-22-51(62)65-10-2)32(6)44-28-48-40(19-23-52(63)66-11-3)33(7)45-29-47-38(31(5)43(27-42(37)56-41)57(47)53(58(44)46)59(45)48)16-20-49(60)54-25-24-35-12-14-36(15-13-35)55-34(8)67/h12-15,26-29,53H,9-11,16-25H2,1-8H3,(H-,54,55,60,67)/p+2. The second kappa shape index (κ2) is 19.8. The summed E-state index contributed by atoms with van der Waals surface area (Å²) in [4.78, 5) is 56.8. The van der Waals surface area contributed by atoms with Crippen LogP contribution in [0.3, 0.4) is 0 Å². The summed E-state index contributed by atoms with van der Waals surface area (Å²) in [5.74, 6) is -0.764. The number of anilines is 1. The van der Waals surface area contributed by atoms with Crippen LogP contribution in [-0.2, 0) is 52.7 Å². The van der Waals surface area contributed by atoms with E-state index in [1.807, 2.05) is 52.0 Å². The molecule has 0 radical (unpaired) electrons. The number of carbonyl (C=O) groups is 4. The average molecular weight is 927 g/mol. The summed E-state index contributed by atoms with van der Waals surface area (Å²) in [6.07, 6.45) is 12.1. The highest BCUT2D eigenvalue weighted by Gasteiger charge is 2.57. The molecular weight excluding hydrogens is 865 g/mol. The Morgan fingerprint density at radius 1 is 0.657 bits per heavy atom. The van der Waals surface area contributed by atoms with Gasteiger partial charge in [0, 0.05) is 83.1 Å². The van der Waals surface area contributed by atoms with Crippen LogP contribution < -0.4 is 21.3 Å². The van der Waals surface area contributed by atoms with Crippen LogP contribution >= 0.6 is 12.2 Å². The van der Waals surface area contributed by atoms with Crippen molar-refractivity contribution in [2.24, 2.45) is 0 Å². The third-order valence-corrected chi connectivity index (χ3v) is 13.6. The van der Waals surface area contributed by atoms with Crippen molar-refractivity contribution >= 4 is 76.4 Å². The summed E-state index contributed by atoms with van der Waals surface area (Å²) in [6, 6.07) is 8.08. The molecule has 67 heavy (non-hydrogen) atoms. The Labute approximate surface area is 397 Å². The lowest BCUT2D eigenvalue weighted by atomic mass is 9.97. The van der Waals surface area contributed by atoms with E-state index in [1.165, 1.54) is 0 Å². The molecule has 2 aromatic heterocycles. The molecule has 0 saturated carbocycles. The number of aromatic amines is 1. The number of aromatic nitrogens is 2. The van der Waals surface area contributed by atoms with Gasteiger partial charge >= 0.3 is 24.2 Å². The van der Waals surface area contributed by atoms with E-state index in [9.17, 15) is 19.2 Å². The van der Waals surface area contributed by atoms with E-state index in [0.717, 1.165) is 101 Å². The van der Waals surface area contributed by atoms with E-state index < -0.39 is 6.29 Å². The summed E-state index contributed by atoms with van der Waals surface area (Å²) < 4.78 is 23.4. The van der Waals surface area contributed by atoms with Gasteiger partial charge in [0.05, 0.1) is 42.3 Å². The molecule has 1 aromatic carbocycles. The molecule has 0 spiro atoms. The molecule has 5 aliphatic rings. The van der Waals surface area contributed by atoms with Crippen molar-refractivity contribution < 1.29 is 42.5 Å². The molecule has 8 rings (SSSR count). The number of benzene rings is 1. The summed E-state index contributed by atoms with van der Waals surface area (Å²) in [7, 11) is 0. The minimum absolute atomic E-state index is 0.0269. The normalized spacial score (nSPS) is 16.3. The van der Waals surface area contributed by atoms with Crippen LogP contribution in [0.25, 0.3) is 18.2 Å². The minimum atomic E-state index is -0.412. The average Bonchev–Trinajstić information content (AvgIpc) is 3.92. The van der Waals surface area contributed by atoms with Gasteiger partial charge in [-0.25, -0.2) is 4.57 Å². The number of nitrogens with one attached hydrogen (secondary N) is 3. The third kappa shape index (κ3) is 9.20. The highest BCUT2D eigenvalue weighted by Crippen LogP contribution is 2.47.